The summed E-state index contributed by atoms with van der Waals surface area (Å²) in [5.74, 6) is 1.11. The maximum atomic E-state index is 12.1. The van der Waals surface area contributed by atoms with E-state index in [1.165, 1.54) is 0 Å². The van der Waals surface area contributed by atoms with Crippen LogP contribution in [0, 0.1) is 0 Å². The summed E-state index contributed by atoms with van der Waals surface area (Å²) in [7, 11) is 3.16. The largest absolute Gasteiger partial charge is 0.493 e. The van der Waals surface area contributed by atoms with Gasteiger partial charge in [-0.3, -0.25) is 4.79 Å². The number of amides is 1. The molecule has 0 aliphatic heterocycles. The summed E-state index contributed by atoms with van der Waals surface area (Å²) >= 11 is 0. The lowest BCUT2D eigenvalue weighted by Crippen LogP contribution is -2.41. The van der Waals surface area contributed by atoms with Crippen LogP contribution in [0.15, 0.2) is 48.5 Å². The Hall–Kier alpha value is -2.24. The molecule has 24 heavy (non-hydrogen) atoms. The highest BCUT2D eigenvalue weighted by Crippen LogP contribution is 2.27. The molecule has 0 bridgehead atoms. The van der Waals surface area contributed by atoms with Crippen LogP contribution in [0.3, 0.4) is 0 Å². The Labute approximate surface area is 148 Å². The zero-order chi connectivity index (χ0) is 16.7. The van der Waals surface area contributed by atoms with E-state index in [2.05, 4.69) is 5.32 Å². The SMILES string of the molecule is COc1ccc(CNC(=O)C(N)Cc2ccccc2)cc1OC.Cl. The van der Waals surface area contributed by atoms with E-state index in [0.717, 1.165) is 11.1 Å². The number of carbonyl (C=O) groups excluding carboxylic acids is 1. The minimum atomic E-state index is -0.572. The maximum Gasteiger partial charge on any atom is 0.237 e. The Bertz CT molecular complexity index is 650. The van der Waals surface area contributed by atoms with E-state index in [0.29, 0.717) is 24.5 Å². The van der Waals surface area contributed by atoms with E-state index in [9.17, 15) is 4.79 Å². The third-order valence-corrected chi connectivity index (χ3v) is 3.55. The van der Waals surface area contributed by atoms with Gasteiger partial charge < -0.3 is 20.5 Å². The molecule has 0 fully saturated rings. The van der Waals surface area contributed by atoms with Gasteiger partial charge >= 0.3 is 0 Å². The number of nitrogens with one attached hydrogen (secondary N) is 1. The molecule has 6 heteroatoms. The van der Waals surface area contributed by atoms with Crippen LogP contribution in [0.25, 0.3) is 0 Å². The van der Waals surface area contributed by atoms with Gasteiger partial charge in [-0.05, 0) is 29.7 Å². The van der Waals surface area contributed by atoms with Crippen LogP contribution in [0.4, 0.5) is 0 Å². The fourth-order valence-electron chi connectivity index (χ4n) is 2.27. The third-order valence-electron chi connectivity index (χ3n) is 3.55. The molecule has 0 aliphatic rings. The number of hydrogen-bond donors (Lipinski definition) is 2. The van der Waals surface area contributed by atoms with Gasteiger partial charge in [0.05, 0.1) is 20.3 Å². The average Bonchev–Trinajstić information content (AvgIpc) is 2.60. The Morgan fingerprint density at radius 3 is 2.33 bits per heavy atom. The monoisotopic (exact) mass is 350 g/mol. The molecule has 1 unspecified atom stereocenters. The second kappa shape index (κ2) is 9.80. The van der Waals surface area contributed by atoms with Crippen molar-refractivity contribution in [2.24, 2.45) is 5.73 Å². The standard InChI is InChI=1S/C18H22N2O3.ClH/c1-22-16-9-8-14(11-17(16)23-2)12-20-18(21)15(19)10-13-6-4-3-5-7-13;/h3-9,11,15H,10,12,19H2,1-2H3,(H,20,21);1H. The zero-order valence-corrected chi connectivity index (χ0v) is 14.6. The summed E-state index contributed by atoms with van der Waals surface area (Å²) < 4.78 is 10.4. The summed E-state index contributed by atoms with van der Waals surface area (Å²) in [6, 6.07) is 14.7. The summed E-state index contributed by atoms with van der Waals surface area (Å²) in [6.45, 7) is 0.391. The number of halogens is 1. The molecule has 3 N–H and O–H groups in total. The quantitative estimate of drug-likeness (QED) is 0.803. The van der Waals surface area contributed by atoms with E-state index in [1.807, 2.05) is 48.5 Å². The lowest BCUT2D eigenvalue weighted by molar-refractivity contribution is -0.122. The van der Waals surface area contributed by atoms with Gasteiger partial charge in [0.1, 0.15) is 0 Å². The van der Waals surface area contributed by atoms with Crippen LogP contribution < -0.4 is 20.5 Å². The normalized spacial score (nSPS) is 11.1. The number of rotatable bonds is 7. The van der Waals surface area contributed by atoms with Crippen molar-refractivity contribution in [2.75, 3.05) is 14.2 Å². The van der Waals surface area contributed by atoms with Gasteiger partial charge in [0.2, 0.25) is 5.91 Å². The van der Waals surface area contributed by atoms with Gasteiger partial charge in [-0.2, -0.15) is 0 Å². The zero-order valence-electron chi connectivity index (χ0n) is 13.8. The van der Waals surface area contributed by atoms with Gasteiger partial charge in [-0.1, -0.05) is 36.4 Å². The van der Waals surface area contributed by atoms with Crippen molar-refractivity contribution >= 4 is 18.3 Å². The fraction of sp³-hybridized carbons (Fsp3) is 0.278. The second-order valence-electron chi connectivity index (χ2n) is 5.20. The highest BCUT2D eigenvalue weighted by Gasteiger charge is 2.14. The number of carbonyl (C=O) groups is 1. The molecular weight excluding hydrogens is 328 g/mol. The summed E-state index contributed by atoms with van der Waals surface area (Å²) in [5, 5.41) is 2.85. The van der Waals surface area contributed by atoms with E-state index in [-0.39, 0.29) is 18.3 Å². The summed E-state index contributed by atoms with van der Waals surface area (Å²) in [5.41, 5.74) is 7.92. The van der Waals surface area contributed by atoms with Gasteiger partial charge in [0.25, 0.3) is 0 Å². The Kier molecular flexibility index (Phi) is 8.09. The van der Waals surface area contributed by atoms with Gasteiger partial charge in [0.15, 0.2) is 11.5 Å². The van der Waals surface area contributed by atoms with Crippen LogP contribution in [0.2, 0.25) is 0 Å². The highest BCUT2D eigenvalue weighted by atomic mass is 35.5. The van der Waals surface area contributed by atoms with Crippen molar-refractivity contribution in [1.29, 1.82) is 0 Å². The number of nitrogens with two attached hydrogens (primary N) is 1. The van der Waals surface area contributed by atoms with Crippen LogP contribution >= 0.6 is 12.4 Å². The van der Waals surface area contributed by atoms with Crippen LogP contribution in [-0.2, 0) is 17.8 Å². The molecule has 1 atom stereocenters. The lowest BCUT2D eigenvalue weighted by Gasteiger charge is -2.13. The first-order chi connectivity index (χ1) is 11.1. The predicted molar refractivity (Wildman–Crippen MR) is 96.8 cm³/mol. The van der Waals surface area contributed by atoms with Gasteiger partial charge in [0, 0.05) is 6.54 Å². The van der Waals surface area contributed by atoms with Crippen molar-refractivity contribution < 1.29 is 14.3 Å². The van der Waals surface area contributed by atoms with Crippen molar-refractivity contribution in [2.45, 2.75) is 19.0 Å². The molecule has 130 valence electrons. The molecular formula is C18H23ClN2O3. The highest BCUT2D eigenvalue weighted by molar-refractivity contribution is 5.85. The molecule has 2 aromatic carbocycles. The average molecular weight is 351 g/mol. The van der Waals surface area contributed by atoms with Gasteiger partial charge in [-0.15, -0.1) is 12.4 Å². The predicted octanol–water partition coefficient (Wildman–Crippen LogP) is 2.31. The lowest BCUT2D eigenvalue weighted by atomic mass is 10.1. The van der Waals surface area contributed by atoms with Crippen LogP contribution in [-0.4, -0.2) is 26.2 Å². The van der Waals surface area contributed by atoms with E-state index in [4.69, 9.17) is 15.2 Å². The van der Waals surface area contributed by atoms with E-state index in [1.54, 1.807) is 14.2 Å². The second-order valence-corrected chi connectivity index (χ2v) is 5.20. The topological polar surface area (TPSA) is 73.6 Å². The molecule has 2 aromatic rings. The van der Waals surface area contributed by atoms with Gasteiger partial charge in [-0.25, -0.2) is 0 Å². The van der Waals surface area contributed by atoms with E-state index >= 15 is 0 Å². The Balaban J connectivity index is 0.00000288. The molecule has 1 amide bonds. The summed E-state index contributed by atoms with van der Waals surface area (Å²) in [6.07, 6.45) is 0.513. The maximum absolute atomic E-state index is 12.1. The first-order valence-corrected chi connectivity index (χ1v) is 7.42. The number of benzene rings is 2. The minimum Gasteiger partial charge on any atom is -0.493 e. The third kappa shape index (κ3) is 5.44. The Morgan fingerprint density at radius 1 is 1.04 bits per heavy atom. The minimum absolute atomic E-state index is 0. The molecule has 2 rings (SSSR count). The number of ether oxygens (including phenoxy) is 2. The van der Waals surface area contributed by atoms with Crippen molar-refractivity contribution in [3.63, 3.8) is 0 Å². The Morgan fingerprint density at radius 2 is 1.71 bits per heavy atom. The molecule has 5 nitrogen and oxygen atoms in total. The summed E-state index contributed by atoms with van der Waals surface area (Å²) in [4.78, 5) is 12.1. The van der Waals surface area contributed by atoms with Crippen LogP contribution in [0.1, 0.15) is 11.1 Å². The van der Waals surface area contributed by atoms with E-state index < -0.39 is 6.04 Å². The molecule has 0 spiro atoms. The molecule has 0 heterocycles. The smallest absolute Gasteiger partial charge is 0.237 e. The van der Waals surface area contributed by atoms with Crippen molar-refractivity contribution in [3.05, 3.63) is 59.7 Å². The van der Waals surface area contributed by atoms with Crippen molar-refractivity contribution in [1.82, 2.24) is 5.32 Å². The number of hydrogen-bond acceptors (Lipinski definition) is 4. The van der Waals surface area contributed by atoms with Crippen molar-refractivity contribution in [3.8, 4) is 11.5 Å². The van der Waals surface area contributed by atoms with Crippen LogP contribution in [0.5, 0.6) is 11.5 Å². The molecule has 0 radical (unpaired) electrons. The molecule has 0 saturated carbocycles. The molecule has 0 aliphatic carbocycles. The first kappa shape index (κ1) is 19.8. The molecule has 0 aromatic heterocycles. The first-order valence-electron chi connectivity index (χ1n) is 7.42. The molecule has 0 saturated heterocycles. The number of methoxy groups -OCH3 is 2. The fourth-order valence-corrected chi connectivity index (χ4v) is 2.27.